The van der Waals surface area contributed by atoms with Gasteiger partial charge in [-0.2, -0.15) is 0 Å². The van der Waals surface area contributed by atoms with Gasteiger partial charge < -0.3 is 28.5 Å². The Labute approximate surface area is 206 Å². The number of esters is 1. The number of methoxy groups -OCH3 is 2. The summed E-state index contributed by atoms with van der Waals surface area (Å²) >= 11 is 0. The van der Waals surface area contributed by atoms with Gasteiger partial charge in [-0.25, -0.2) is 0 Å². The lowest BCUT2D eigenvalue weighted by atomic mass is 9.80. The van der Waals surface area contributed by atoms with Crippen LogP contribution in [-0.2, 0) is 34.8 Å². The van der Waals surface area contributed by atoms with Gasteiger partial charge in [0, 0.05) is 26.1 Å². The van der Waals surface area contributed by atoms with Gasteiger partial charge in [-0.1, -0.05) is 65.0 Å². The third-order valence-corrected chi connectivity index (χ3v) is 11.7. The molecule has 0 unspecified atom stereocenters. The van der Waals surface area contributed by atoms with Crippen LogP contribution in [0.3, 0.4) is 0 Å². The van der Waals surface area contributed by atoms with E-state index in [1.165, 1.54) is 7.11 Å². The molecule has 2 rings (SSSR count). The van der Waals surface area contributed by atoms with Crippen molar-refractivity contribution >= 4 is 14.3 Å². The smallest absolute Gasteiger partial charge is 0.311 e. The fourth-order valence-electron chi connectivity index (χ4n) is 4.26. The summed E-state index contributed by atoms with van der Waals surface area (Å²) in [5, 5.41) is 11.7. The third kappa shape index (κ3) is 6.89. The van der Waals surface area contributed by atoms with Crippen molar-refractivity contribution in [1.29, 1.82) is 0 Å². The highest BCUT2D eigenvalue weighted by Gasteiger charge is 2.57. The number of hydrogen-bond acceptors (Lipinski definition) is 7. The lowest BCUT2D eigenvalue weighted by Crippen LogP contribution is -2.66. The third-order valence-electron chi connectivity index (χ3n) is 7.24. The summed E-state index contributed by atoms with van der Waals surface area (Å²) in [5.74, 6) is -2.58. The minimum Gasteiger partial charge on any atom is -0.461 e. The van der Waals surface area contributed by atoms with Gasteiger partial charge >= 0.3 is 5.97 Å². The number of carbonyl (C=O) groups excluding carboxylic acids is 1. The second-order valence-electron chi connectivity index (χ2n) is 11.0. The van der Waals surface area contributed by atoms with Crippen molar-refractivity contribution < 1.29 is 33.3 Å². The van der Waals surface area contributed by atoms with Crippen LogP contribution in [0.15, 0.2) is 30.3 Å². The molecule has 1 saturated heterocycles. The van der Waals surface area contributed by atoms with Crippen molar-refractivity contribution in [3.63, 3.8) is 0 Å². The lowest BCUT2D eigenvalue weighted by molar-refractivity contribution is -0.346. The molecule has 0 bridgehead atoms. The first-order valence-electron chi connectivity index (χ1n) is 12.0. The van der Waals surface area contributed by atoms with Gasteiger partial charge in [0.25, 0.3) is 0 Å². The van der Waals surface area contributed by atoms with Crippen LogP contribution in [0, 0.1) is 11.8 Å². The summed E-state index contributed by atoms with van der Waals surface area (Å²) in [5.41, 5.74) is 0.870. The van der Waals surface area contributed by atoms with Gasteiger partial charge in [-0.05, 0) is 23.7 Å². The summed E-state index contributed by atoms with van der Waals surface area (Å²) < 4.78 is 29.7. The Morgan fingerprint density at radius 3 is 2.35 bits per heavy atom. The molecule has 34 heavy (non-hydrogen) atoms. The molecule has 6 atom stereocenters. The molecule has 194 valence electrons. The molecule has 0 radical (unpaired) electrons. The SMILES string of the molecule is COC[C@H](C)[C@@H]1O[C@](O)(CC(=O)OCc2ccccc2)[C@H](OC)[C@@H](O[Si](C)(C)C(C)(C)C)[C@@H]1C. The summed E-state index contributed by atoms with van der Waals surface area (Å²) in [4.78, 5) is 12.8. The molecule has 8 heteroatoms. The molecule has 0 amide bonds. The Hall–Kier alpha value is -1.29. The van der Waals surface area contributed by atoms with E-state index in [0.717, 1.165) is 5.56 Å². The number of carbonyl (C=O) groups is 1. The fourth-order valence-corrected chi connectivity index (χ4v) is 5.64. The molecule has 7 nitrogen and oxygen atoms in total. The number of rotatable bonds is 10. The van der Waals surface area contributed by atoms with Gasteiger partial charge in [-0.3, -0.25) is 4.79 Å². The van der Waals surface area contributed by atoms with E-state index in [0.29, 0.717) is 6.61 Å². The van der Waals surface area contributed by atoms with E-state index >= 15 is 0 Å². The average Bonchev–Trinajstić information content (AvgIpc) is 2.74. The van der Waals surface area contributed by atoms with E-state index in [9.17, 15) is 9.90 Å². The standard InChI is InChI=1S/C26H44O7Si/c1-18(16-29-6)22-19(2)23(33-34(8,9)25(3,4)5)24(30-7)26(28,32-22)15-21(27)31-17-20-13-11-10-12-14-20/h10-14,18-19,22-24,28H,15-17H2,1-9H3/t18-,19+,22-,23-,24+,26+/m0/s1. The van der Waals surface area contributed by atoms with E-state index in [-0.39, 0.29) is 29.9 Å². The van der Waals surface area contributed by atoms with Crippen molar-refractivity contribution in [2.24, 2.45) is 11.8 Å². The monoisotopic (exact) mass is 496 g/mol. The first-order chi connectivity index (χ1) is 15.8. The molecular weight excluding hydrogens is 452 g/mol. The fraction of sp³-hybridized carbons (Fsp3) is 0.731. The van der Waals surface area contributed by atoms with Crippen molar-refractivity contribution in [3.05, 3.63) is 35.9 Å². The molecule has 0 aromatic heterocycles. The first-order valence-corrected chi connectivity index (χ1v) is 15.0. The molecule has 1 fully saturated rings. The highest BCUT2D eigenvalue weighted by Crippen LogP contribution is 2.44. The van der Waals surface area contributed by atoms with E-state index in [1.54, 1.807) is 7.11 Å². The number of ether oxygens (including phenoxy) is 4. The molecular formula is C26H44O7Si. The van der Waals surface area contributed by atoms with Gasteiger partial charge in [0.1, 0.15) is 19.1 Å². The van der Waals surface area contributed by atoms with Gasteiger partial charge in [-0.15, -0.1) is 0 Å². The molecule has 1 aromatic carbocycles. The maximum absolute atomic E-state index is 12.8. The average molecular weight is 497 g/mol. The lowest BCUT2D eigenvalue weighted by Gasteiger charge is -2.53. The summed E-state index contributed by atoms with van der Waals surface area (Å²) in [7, 11) is 0.923. The van der Waals surface area contributed by atoms with Crippen LogP contribution in [0.2, 0.25) is 18.1 Å². The van der Waals surface area contributed by atoms with E-state index in [2.05, 4.69) is 33.9 Å². The molecule has 1 N–H and O–H groups in total. The van der Waals surface area contributed by atoms with Crippen molar-refractivity contribution in [2.75, 3.05) is 20.8 Å². The van der Waals surface area contributed by atoms with Crippen LogP contribution >= 0.6 is 0 Å². The Bertz CT molecular complexity index is 779. The molecule has 1 heterocycles. The van der Waals surface area contributed by atoms with E-state index in [4.69, 9.17) is 23.4 Å². The highest BCUT2D eigenvalue weighted by atomic mass is 28.4. The largest absolute Gasteiger partial charge is 0.461 e. The predicted molar refractivity (Wildman–Crippen MR) is 134 cm³/mol. The van der Waals surface area contributed by atoms with Crippen LogP contribution in [-0.4, -0.2) is 64.3 Å². The number of benzene rings is 1. The van der Waals surface area contributed by atoms with Gasteiger partial charge in [0.2, 0.25) is 5.79 Å². The zero-order chi connectivity index (χ0) is 25.7. The Kier molecular flexibility index (Phi) is 9.90. The quantitative estimate of drug-likeness (QED) is 0.376. The topological polar surface area (TPSA) is 83.5 Å². The van der Waals surface area contributed by atoms with Crippen LogP contribution in [0.5, 0.6) is 0 Å². The minimum absolute atomic E-state index is 0.0322. The van der Waals surface area contributed by atoms with Gasteiger partial charge in [0.15, 0.2) is 8.32 Å². The maximum Gasteiger partial charge on any atom is 0.311 e. The summed E-state index contributed by atoms with van der Waals surface area (Å²) in [6, 6.07) is 9.43. The molecule has 0 spiro atoms. The molecule has 1 aromatic rings. The zero-order valence-corrected chi connectivity index (χ0v) is 23.3. The highest BCUT2D eigenvalue weighted by molar-refractivity contribution is 6.74. The Morgan fingerprint density at radius 2 is 1.82 bits per heavy atom. The second-order valence-corrected chi connectivity index (χ2v) is 15.8. The van der Waals surface area contributed by atoms with Crippen LogP contribution < -0.4 is 0 Å². The van der Waals surface area contributed by atoms with Crippen molar-refractivity contribution in [3.8, 4) is 0 Å². The van der Waals surface area contributed by atoms with Crippen LogP contribution in [0.4, 0.5) is 0 Å². The number of hydrogen-bond donors (Lipinski definition) is 1. The predicted octanol–water partition coefficient (Wildman–Crippen LogP) is 4.53. The minimum atomic E-state index is -2.23. The summed E-state index contributed by atoms with van der Waals surface area (Å²) in [6.45, 7) is 15.5. The Morgan fingerprint density at radius 1 is 1.21 bits per heavy atom. The number of aliphatic hydroxyl groups is 1. The normalized spacial score (nSPS) is 29.0. The van der Waals surface area contributed by atoms with Crippen molar-refractivity contribution in [2.45, 2.75) is 89.9 Å². The van der Waals surface area contributed by atoms with Crippen molar-refractivity contribution in [1.82, 2.24) is 0 Å². The maximum atomic E-state index is 12.8. The molecule has 1 aliphatic heterocycles. The first kappa shape index (κ1) is 28.9. The second kappa shape index (κ2) is 11.6. The van der Waals surface area contributed by atoms with E-state index in [1.807, 2.05) is 44.2 Å². The molecule has 1 aliphatic rings. The molecule has 0 saturated carbocycles. The van der Waals surface area contributed by atoms with Crippen LogP contribution in [0.25, 0.3) is 0 Å². The summed E-state index contributed by atoms with van der Waals surface area (Å²) in [6.07, 6.45) is -2.07. The van der Waals surface area contributed by atoms with Crippen LogP contribution in [0.1, 0.15) is 46.6 Å². The van der Waals surface area contributed by atoms with Gasteiger partial charge in [0.05, 0.1) is 18.8 Å². The molecule has 0 aliphatic carbocycles. The Balaban J connectivity index is 2.32. The zero-order valence-electron chi connectivity index (χ0n) is 22.3. The van der Waals surface area contributed by atoms with E-state index < -0.39 is 38.4 Å².